The summed E-state index contributed by atoms with van der Waals surface area (Å²) in [7, 11) is 0. The normalized spacial score (nSPS) is 17.6. The lowest BCUT2D eigenvalue weighted by molar-refractivity contribution is 0.442. The standard InChI is InChI=1S/C13H19BrN4/c14-10-6-8-12(9-7-10)17-13(18-15)16-11-4-2-1-3-5-11/h6-9,11H,1-5,15H2,(H2,16,17,18). The van der Waals surface area contributed by atoms with E-state index in [-0.39, 0.29) is 0 Å². The third kappa shape index (κ3) is 3.99. The summed E-state index contributed by atoms with van der Waals surface area (Å²) in [5.74, 6) is 6.16. The van der Waals surface area contributed by atoms with Crippen LogP contribution in [-0.2, 0) is 0 Å². The van der Waals surface area contributed by atoms with Gasteiger partial charge in [-0.1, -0.05) is 35.2 Å². The number of guanidine groups is 1. The molecule has 0 atom stereocenters. The molecule has 1 aliphatic carbocycles. The zero-order valence-corrected chi connectivity index (χ0v) is 11.9. The fourth-order valence-corrected chi connectivity index (χ4v) is 2.43. The SMILES string of the molecule is NNC(=NC1CCCCC1)Nc1ccc(Br)cc1. The van der Waals surface area contributed by atoms with Crippen LogP contribution in [0.15, 0.2) is 33.7 Å². The van der Waals surface area contributed by atoms with Crippen LogP contribution in [0.3, 0.4) is 0 Å². The third-order valence-corrected chi connectivity index (χ3v) is 3.66. The molecule has 5 heteroatoms. The van der Waals surface area contributed by atoms with Crippen LogP contribution in [0.1, 0.15) is 32.1 Å². The van der Waals surface area contributed by atoms with Gasteiger partial charge in [0.05, 0.1) is 6.04 Å². The van der Waals surface area contributed by atoms with E-state index in [4.69, 9.17) is 5.84 Å². The minimum absolute atomic E-state index is 0.396. The number of anilines is 1. The highest BCUT2D eigenvalue weighted by Crippen LogP contribution is 2.20. The van der Waals surface area contributed by atoms with Gasteiger partial charge in [0.15, 0.2) is 0 Å². The van der Waals surface area contributed by atoms with E-state index in [0.29, 0.717) is 12.0 Å². The zero-order chi connectivity index (χ0) is 12.8. The molecule has 0 heterocycles. The lowest BCUT2D eigenvalue weighted by Gasteiger charge is -2.19. The van der Waals surface area contributed by atoms with Crippen LogP contribution in [-0.4, -0.2) is 12.0 Å². The van der Waals surface area contributed by atoms with E-state index in [2.05, 4.69) is 31.7 Å². The van der Waals surface area contributed by atoms with Gasteiger partial charge in [-0.05, 0) is 37.1 Å². The second-order valence-electron chi connectivity index (χ2n) is 4.55. The first-order valence-corrected chi connectivity index (χ1v) is 7.14. The number of hydrazine groups is 1. The van der Waals surface area contributed by atoms with Crippen molar-refractivity contribution in [3.63, 3.8) is 0 Å². The Kier molecular flexibility index (Phi) is 5.01. The second kappa shape index (κ2) is 6.75. The summed E-state index contributed by atoms with van der Waals surface area (Å²) < 4.78 is 1.06. The smallest absolute Gasteiger partial charge is 0.210 e. The lowest BCUT2D eigenvalue weighted by atomic mass is 9.96. The number of nitrogens with zero attached hydrogens (tertiary/aromatic N) is 1. The number of aliphatic imine (C=N–C) groups is 1. The van der Waals surface area contributed by atoms with E-state index < -0.39 is 0 Å². The van der Waals surface area contributed by atoms with Crippen LogP contribution in [0.5, 0.6) is 0 Å². The Labute approximate surface area is 116 Å². The monoisotopic (exact) mass is 310 g/mol. The Balaban J connectivity index is 1.99. The van der Waals surface area contributed by atoms with Gasteiger partial charge < -0.3 is 5.32 Å². The molecule has 98 valence electrons. The zero-order valence-electron chi connectivity index (χ0n) is 10.3. The summed E-state index contributed by atoms with van der Waals surface area (Å²) >= 11 is 3.41. The van der Waals surface area contributed by atoms with E-state index in [1.807, 2.05) is 24.3 Å². The van der Waals surface area contributed by atoms with Gasteiger partial charge in [-0.2, -0.15) is 0 Å². The quantitative estimate of drug-likeness (QED) is 0.340. The summed E-state index contributed by atoms with van der Waals surface area (Å²) in [6.45, 7) is 0. The molecule has 2 rings (SSSR count). The van der Waals surface area contributed by atoms with E-state index in [1.165, 1.54) is 19.3 Å². The molecule has 0 saturated heterocycles. The Hall–Kier alpha value is -1.07. The molecule has 1 saturated carbocycles. The van der Waals surface area contributed by atoms with Crippen LogP contribution in [0.2, 0.25) is 0 Å². The number of nitrogens with two attached hydrogens (primary N) is 1. The van der Waals surface area contributed by atoms with Gasteiger partial charge in [0, 0.05) is 10.2 Å². The van der Waals surface area contributed by atoms with E-state index in [0.717, 1.165) is 23.0 Å². The molecule has 0 bridgehead atoms. The molecule has 4 N–H and O–H groups in total. The first kappa shape index (κ1) is 13.4. The minimum Gasteiger partial charge on any atom is -0.325 e. The molecule has 0 radical (unpaired) electrons. The largest absolute Gasteiger partial charge is 0.325 e. The number of hydrogen-bond donors (Lipinski definition) is 3. The van der Waals surface area contributed by atoms with Crippen molar-refractivity contribution in [1.82, 2.24) is 5.43 Å². The van der Waals surface area contributed by atoms with Crippen LogP contribution in [0, 0.1) is 0 Å². The lowest BCUT2D eigenvalue weighted by Crippen LogP contribution is -2.37. The van der Waals surface area contributed by atoms with Gasteiger partial charge in [0.1, 0.15) is 0 Å². The Morgan fingerprint density at radius 3 is 2.44 bits per heavy atom. The molecule has 1 fully saturated rings. The number of hydrogen-bond acceptors (Lipinski definition) is 2. The molecule has 0 spiro atoms. The molecular formula is C13H19BrN4. The number of rotatable bonds is 2. The van der Waals surface area contributed by atoms with Crippen LogP contribution in [0.25, 0.3) is 0 Å². The van der Waals surface area contributed by atoms with Gasteiger partial charge in [-0.25, -0.2) is 10.8 Å². The third-order valence-electron chi connectivity index (χ3n) is 3.13. The average Bonchev–Trinajstić information content (AvgIpc) is 2.41. The Morgan fingerprint density at radius 2 is 1.83 bits per heavy atom. The number of nitrogens with one attached hydrogen (secondary N) is 2. The maximum Gasteiger partial charge on any atom is 0.210 e. The molecule has 0 aliphatic heterocycles. The molecular weight excluding hydrogens is 292 g/mol. The van der Waals surface area contributed by atoms with E-state index in [9.17, 15) is 0 Å². The summed E-state index contributed by atoms with van der Waals surface area (Å²) in [6, 6.07) is 8.33. The molecule has 0 unspecified atom stereocenters. The van der Waals surface area contributed by atoms with Crippen molar-refractivity contribution in [3.8, 4) is 0 Å². The first-order chi connectivity index (χ1) is 8.78. The summed E-state index contributed by atoms with van der Waals surface area (Å²) in [5, 5.41) is 3.20. The van der Waals surface area contributed by atoms with Gasteiger partial charge in [-0.15, -0.1) is 0 Å². The molecule has 1 aliphatic rings. The number of halogens is 1. The van der Waals surface area contributed by atoms with E-state index >= 15 is 0 Å². The van der Waals surface area contributed by atoms with Crippen LogP contribution < -0.4 is 16.6 Å². The number of benzene rings is 1. The summed E-state index contributed by atoms with van der Waals surface area (Å²) in [5.41, 5.74) is 3.62. The van der Waals surface area contributed by atoms with Crippen molar-refractivity contribution < 1.29 is 0 Å². The fraction of sp³-hybridized carbons (Fsp3) is 0.462. The van der Waals surface area contributed by atoms with Crippen molar-refractivity contribution in [2.24, 2.45) is 10.8 Å². The highest BCUT2D eigenvalue weighted by molar-refractivity contribution is 9.10. The van der Waals surface area contributed by atoms with Gasteiger partial charge in [0.2, 0.25) is 5.96 Å². The molecule has 1 aromatic rings. The van der Waals surface area contributed by atoms with Crippen molar-refractivity contribution in [3.05, 3.63) is 28.7 Å². The van der Waals surface area contributed by atoms with Crippen molar-refractivity contribution >= 4 is 27.6 Å². The maximum absolute atomic E-state index is 5.52. The highest BCUT2D eigenvalue weighted by atomic mass is 79.9. The predicted octanol–water partition coefficient (Wildman–Crippen LogP) is 3.01. The molecule has 4 nitrogen and oxygen atoms in total. The first-order valence-electron chi connectivity index (χ1n) is 6.35. The van der Waals surface area contributed by atoms with Crippen molar-refractivity contribution in [1.29, 1.82) is 0 Å². The molecule has 0 aromatic heterocycles. The fourth-order valence-electron chi connectivity index (χ4n) is 2.17. The van der Waals surface area contributed by atoms with Crippen molar-refractivity contribution in [2.75, 3.05) is 5.32 Å². The van der Waals surface area contributed by atoms with Crippen molar-refractivity contribution in [2.45, 2.75) is 38.1 Å². The van der Waals surface area contributed by atoms with Crippen LogP contribution in [0.4, 0.5) is 5.69 Å². The minimum atomic E-state index is 0.396. The predicted molar refractivity (Wildman–Crippen MR) is 79.4 cm³/mol. The van der Waals surface area contributed by atoms with Crippen LogP contribution >= 0.6 is 15.9 Å². The molecule has 1 aromatic carbocycles. The summed E-state index contributed by atoms with van der Waals surface area (Å²) in [4.78, 5) is 4.63. The van der Waals surface area contributed by atoms with Gasteiger partial charge in [-0.3, -0.25) is 5.43 Å². The molecule has 0 amide bonds. The average molecular weight is 311 g/mol. The van der Waals surface area contributed by atoms with E-state index in [1.54, 1.807) is 0 Å². The summed E-state index contributed by atoms with van der Waals surface area (Å²) in [6.07, 6.45) is 6.19. The maximum atomic E-state index is 5.52. The Bertz CT molecular complexity index is 396. The van der Waals surface area contributed by atoms with Gasteiger partial charge in [0.25, 0.3) is 0 Å². The molecule has 18 heavy (non-hydrogen) atoms. The van der Waals surface area contributed by atoms with Gasteiger partial charge >= 0.3 is 0 Å². The Morgan fingerprint density at radius 1 is 1.17 bits per heavy atom. The highest BCUT2D eigenvalue weighted by Gasteiger charge is 2.12. The topological polar surface area (TPSA) is 62.4 Å². The second-order valence-corrected chi connectivity index (χ2v) is 5.46.